The van der Waals surface area contributed by atoms with Crippen LogP contribution in [-0.2, 0) is 30.8 Å². The van der Waals surface area contributed by atoms with Crippen molar-refractivity contribution in [3.63, 3.8) is 0 Å². The molecule has 0 saturated carbocycles. The molecular formula is C18H21N5O2. The first-order chi connectivity index (χ1) is 12.3. The van der Waals surface area contributed by atoms with E-state index in [1.165, 1.54) is 0 Å². The van der Waals surface area contributed by atoms with Crippen molar-refractivity contribution in [2.75, 3.05) is 20.3 Å². The first-order valence-electron chi connectivity index (χ1n) is 8.46. The summed E-state index contributed by atoms with van der Waals surface area (Å²) >= 11 is 0. The van der Waals surface area contributed by atoms with E-state index in [0.717, 1.165) is 42.5 Å². The molecule has 3 aromatic rings. The van der Waals surface area contributed by atoms with Crippen molar-refractivity contribution in [2.45, 2.75) is 26.1 Å². The summed E-state index contributed by atoms with van der Waals surface area (Å²) in [5.74, 6) is 2.63. The van der Waals surface area contributed by atoms with Crippen LogP contribution in [0.5, 0.6) is 0 Å². The van der Waals surface area contributed by atoms with Gasteiger partial charge in [0.15, 0.2) is 0 Å². The summed E-state index contributed by atoms with van der Waals surface area (Å²) in [6.07, 6.45) is 2.54. The molecule has 4 rings (SSSR count). The molecule has 25 heavy (non-hydrogen) atoms. The first-order valence-corrected chi connectivity index (χ1v) is 8.46. The summed E-state index contributed by atoms with van der Waals surface area (Å²) in [6, 6.07) is 9.92. The molecule has 0 radical (unpaired) electrons. The van der Waals surface area contributed by atoms with Gasteiger partial charge in [-0.1, -0.05) is 18.2 Å². The van der Waals surface area contributed by atoms with Gasteiger partial charge in [-0.25, -0.2) is 4.98 Å². The van der Waals surface area contributed by atoms with Gasteiger partial charge >= 0.3 is 0 Å². The van der Waals surface area contributed by atoms with Gasteiger partial charge in [0, 0.05) is 25.1 Å². The van der Waals surface area contributed by atoms with E-state index in [-0.39, 0.29) is 0 Å². The second-order valence-corrected chi connectivity index (χ2v) is 6.23. The predicted octanol–water partition coefficient (Wildman–Crippen LogP) is 2.14. The molecule has 0 N–H and O–H groups in total. The summed E-state index contributed by atoms with van der Waals surface area (Å²) in [5, 5.41) is 8.64. The number of hydrogen-bond donors (Lipinski definition) is 0. The van der Waals surface area contributed by atoms with Crippen LogP contribution >= 0.6 is 0 Å². The highest BCUT2D eigenvalue weighted by Crippen LogP contribution is 2.19. The maximum absolute atomic E-state index is 5.61. The summed E-state index contributed by atoms with van der Waals surface area (Å²) in [4.78, 5) is 6.74. The standard InChI is InChI=1S/C18H21N5O2/c1-22(12-17-21-20-16-7-9-24-10-8-23(16)17)11-15-13-25-18(19-15)14-5-3-2-4-6-14/h2-6,13H,7-12H2,1H3. The van der Waals surface area contributed by atoms with E-state index in [2.05, 4.69) is 24.6 Å². The van der Waals surface area contributed by atoms with Crippen LogP contribution in [-0.4, -0.2) is 44.9 Å². The summed E-state index contributed by atoms with van der Waals surface area (Å²) < 4.78 is 13.3. The number of nitrogens with zero attached hydrogens (tertiary/aromatic N) is 5. The lowest BCUT2D eigenvalue weighted by atomic mass is 10.2. The maximum Gasteiger partial charge on any atom is 0.226 e. The summed E-state index contributed by atoms with van der Waals surface area (Å²) in [7, 11) is 2.05. The Labute approximate surface area is 146 Å². The second-order valence-electron chi connectivity index (χ2n) is 6.23. The molecule has 7 heteroatoms. The van der Waals surface area contributed by atoms with Gasteiger partial charge in [0.25, 0.3) is 0 Å². The van der Waals surface area contributed by atoms with E-state index in [4.69, 9.17) is 9.15 Å². The van der Waals surface area contributed by atoms with Crippen molar-refractivity contribution >= 4 is 0 Å². The van der Waals surface area contributed by atoms with Crippen molar-refractivity contribution in [1.82, 2.24) is 24.6 Å². The Morgan fingerprint density at radius 1 is 1.12 bits per heavy atom. The Hall–Kier alpha value is -2.51. The zero-order valence-corrected chi connectivity index (χ0v) is 14.3. The van der Waals surface area contributed by atoms with Gasteiger partial charge < -0.3 is 13.7 Å². The molecule has 1 aliphatic rings. The van der Waals surface area contributed by atoms with Crippen molar-refractivity contribution in [2.24, 2.45) is 0 Å². The van der Waals surface area contributed by atoms with Gasteiger partial charge in [-0.3, -0.25) is 4.90 Å². The maximum atomic E-state index is 5.61. The van der Waals surface area contributed by atoms with Crippen molar-refractivity contribution in [3.05, 3.63) is 53.9 Å². The molecule has 0 unspecified atom stereocenters. The summed E-state index contributed by atoms with van der Waals surface area (Å²) in [5.41, 5.74) is 1.89. The zero-order chi connectivity index (χ0) is 17.1. The topological polar surface area (TPSA) is 69.2 Å². The van der Waals surface area contributed by atoms with Crippen LogP contribution in [0.3, 0.4) is 0 Å². The number of hydrogen-bond acceptors (Lipinski definition) is 6. The quantitative estimate of drug-likeness (QED) is 0.709. The lowest BCUT2D eigenvalue weighted by Gasteiger charge is -2.15. The lowest BCUT2D eigenvalue weighted by Crippen LogP contribution is -2.21. The molecule has 1 aliphatic heterocycles. The fourth-order valence-electron chi connectivity index (χ4n) is 3.02. The van der Waals surface area contributed by atoms with Gasteiger partial charge in [-0.05, 0) is 19.2 Å². The predicted molar refractivity (Wildman–Crippen MR) is 91.7 cm³/mol. The SMILES string of the molecule is CN(Cc1coc(-c2ccccc2)n1)Cc1nnc2n1CCOCC2. The average Bonchev–Trinajstić information content (AvgIpc) is 3.16. The van der Waals surface area contributed by atoms with Gasteiger partial charge in [0.1, 0.15) is 17.9 Å². The normalized spacial score (nSPS) is 14.5. The van der Waals surface area contributed by atoms with E-state index in [0.29, 0.717) is 25.6 Å². The van der Waals surface area contributed by atoms with Crippen LogP contribution < -0.4 is 0 Å². The molecule has 0 amide bonds. The van der Waals surface area contributed by atoms with E-state index < -0.39 is 0 Å². The van der Waals surface area contributed by atoms with Gasteiger partial charge in [0.2, 0.25) is 5.89 Å². The Morgan fingerprint density at radius 2 is 2.00 bits per heavy atom. The third-order valence-electron chi connectivity index (χ3n) is 4.25. The Bertz CT molecular complexity index is 827. The highest BCUT2D eigenvalue weighted by atomic mass is 16.5. The van der Waals surface area contributed by atoms with E-state index in [9.17, 15) is 0 Å². The van der Waals surface area contributed by atoms with E-state index in [1.54, 1.807) is 6.26 Å². The Balaban J connectivity index is 1.42. The van der Waals surface area contributed by atoms with Crippen LogP contribution in [0.25, 0.3) is 11.5 Å². The number of benzene rings is 1. The zero-order valence-electron chi connectivity index (χ0n) is 14.3. The third-order valence-corrected chi connectivity index (χ3v) is 4.25. The fourth-order valence-corrected chi connectivity index (χ4v) is 3.02. The second kappa shape index (κ2) is 7.16. The third kappa shape index (κ3) is 3.62. The van der Waals surface area contributed by atoms with Gasteiger partial charge in [-0.15, -0.1) is 10.2 Å². The minimum atomic E-state index is 0.650. The molecule has 0 atom stereocenters. The minimum absolute atomic E-state index is 0.650. The molecule has 130 valence electrons. The number of oxazole rings is 1. The van der Waals surface area contributed by atoms with Crippen molar-refractivity contribution < 1.29 is 9.15 Å². The number of aromatic nitrogens is 4. The summed E-state index contributed by atoms with van der Waals surface area (Å²) in [6.45, 7) is 3.64. The molecule has 3 heterocycles. The molecule has 0 spiro atoms. The molecule has 0 aliphatic carbocycles. The highest BCUT2D eigenvalue weighted by Gasteiger charge is 2.17. The Morgan fingerprint density at radius 3 is 2.88 bits per heavy atom. The van der Waals surface area contributed by atoms with Crippen molar-refractivity contribution in [1.29, 1.82) is 0 Å². The number of rotatable bonds is 5. The van der Waals surface area contributed by atoms with E-state index >= 15 is 0 Å². The van der Waals surface area contributed by atoms with Gasteiger partial charge in [-0.2, -0.15) is 0 Å². The van der Waals surface area contributed by atoms with Crippen LogP contribution in [0.15, 0.2) is 41.0 Å². The van der Waals surface area contributed by atoms with Crippen LogP contribution in [0.2, 0.25) is 0 Å². The minimum Gasteiger partial charge on any atom is -0.444 e. The number of ether oxygens (including phenoxy) is 1. The first kappa shape index (κ1) is 16.0. The molecule has 0 saturated heterocycles. The smallest absolute Gasteiger partial charge is 0.226 e. The number of fused-ring (bicyclic) bond motifs is 1. The van der Waals surface area contributed by atoms with Crippen molar-refractivity contribution in [3.8, 4) is 11.5 Å². The molecule has 7 nitrogen and oxygen atoms in total. The van der Waals surface area contributed by atoms with E-state index in [1.807, 2.05) is 37.4 Å². The fraction of sp³-hybridized carbons (Fsp3) is 0.389. The molecule has 1 aromatic carbocycles. The van der Waals surface area contributed by atoms with Gasteiger partial charge in [0.05, 0.1) is 25.5 Å². The van der Waals surface area contributed by atoms with Crippen LogP contribution in [0.1, 0.15) is 17.3 Å². The largest absolute Gasteiger partial charge is 0.444 e. The monoisotopic (exact) mass is 339 g/mol. The molecule has 2 aromatic heterocycles. The molecular weight excluding hydrogens is 318 g/mol. The Kier molecular flexibility index (Phi) is 4.58. The van der Waals surface area contributed by atoms with Crippen LogP contribution in [0.4, 0.5) is 0 Å². The average molecular weight is 339 g/mol. The molecule has 0 bridgehead atoms. The van der Waals surface area contributed by atoms with Crippen LogP contribution in [0, 0.1) is 0 Å². The lowest BCUT2D eigenvalue weighted by molar-refractivity contribution is 0.139. The highest BCUT2D eigenvalue weighted by molar-refractivity contribution is 5.52. The molecule has 0 fully saturated rings.